The van der Waals surface area contributed by atoms with E-state index in [2.05, 4.69) is 22.0 Å². The normalized spacial score (nSPS) is 16.7. The molecule has 3 nitrogen and oxygen atoms in total. The second-order valence-corrected chi connectivity index (χ2v) is 7.32. The number of rotatable bonds is 4. The Kier molecular flexibility index (Phi) is 5.10. The van der Waals surface area contributed by atoms with E-state index >= 15 is 0 Å². The van der Waals surface area contributed by atoms with E-state index in [0.717, 1.165) is 32.5 Å². The third kappa shape index (κ3) is 4.19. The Bertz CT molecular complexity index is 941. The van der Waals surface area contributed by atoms with Gasteiger partial charge in [0.2, 0.25) is 0 Å². The van der Waals surface area contributed by atoms with Gasteiger partial charge in [0.15, 0.2) is 0 Å². The van der Waals surface area contributed by atoms with Crippen LogP contribution in [0.15, 0.2) is 48.5 Å². The molecular formula is C21H21F4N3. The van der Waals surface area contributed by atoms with Crippen molar-refractivity contribution in [3.63, 3.8) is 0 Å². The molecule has 3 aromatic rings. The lowest BCUT2D eigenvalue weighted by atomic mass is 10.0. The van der Waals surface area contributed by atoms with Crippen LogP contribution < -0.4 is 0 Å². The van der Waals surface area contributed by atoms with Gasteiger partial charge < -0.3 is 4.57 Å². The summed E-state index contributed by atoms with van der Waals surface area (Å²) in [6.45, 7) is 2.43. The maximum absolute atomic E-state index is 13.5. The first-order chi connectivity index (χ1) is 13.4. The molecule has 28 heavy (non-hydrogen) atoms. The van der Waals surface area contributed by atoms with Gasteiger partial charge in [-0.3, -0.25) is 4.90 Å². The molecule has 1 aliphatic rings. The molecule has 0 atom stereocenters. The lowest BCUT2D eigenvalue weighted by Gasteiger charge is -2.33. The number of halogens is 4. The van der Waals surface area contributed by atoms with Gasteiger partial charge >= 0.3 is 6.18 Å². The number of aromatic nitrogens is 2. The van der Waals surface area contributed by atoms with Crippen molar-refractivity contribution in [2.45, 2.75) is 38.0 Å². The molecule has 1 fully saturated rings. The molecule has 0 spiro atoms. The van der Waals surface area contributed by atoms with Crippen LogP contribution in [0.5, 0.6) is 0 Å². The number of hydrogen-bond acceptors (Lipinski definition) is 2. The Hall–Kier alpha value is -2.41. The number of likely N-dealkylation sites (tertiary alicyclic amines) is 1. The quantitative estimate of drug-likeness (QED) is 0.576. The summed E-state index contributed by atoms with van der Waals surface area (Å²) in [6, 6.07) is 14.1. The number of fused-ring (bicyclic) bond motifs is 1. The third-order valence-electron chi connectivity index (χ3n) is 5.25. The molecule has 0 aliphatic carbocycles. The predicted molar refractivity (Wildman–Crippen MR) is 99.4 cm³/mol. The number of alkyl halides is 3. The van der Waals surface area contributed by atoms with E-state index in [1.807, 2.05) is 18.2 Å². The van der Waals surface area contributed by atoms with Gasteiger partial charge in [-0.15, -0.1) is 0 Å². The van der Waals surface area contributed by atoms with Gasteiger partial charge in [-0.05, 0) is 30.5 Å². The van der Waals surface area contributed by atoms with Crippen LogP contribution in [0.25, 0.3) is 11.0 Å². The molecule has 0 radical (unpaired) electrons. The topological polar surface area (TPSA) is 21.1 Å². The van der Waals surface area contributed by atoms with Crippen molar-refractivity contribution < 1.29 is 17.6 Å². The summed E-state index contributed by atoms with van der Waals surface area (Å²) in [5, 5.41) is 0. The lowest BCUT2D eigenvalue weighted by Crippen LogP contribution is -2.35. The molecule has 0 bridgehead atoms. The van der Waals surface area contributed by atoms with Crippen LogP contribution in [0.4, 0.5) is 17.6 Å². The molecule has 148 valence electrons. The molecule has 1 aliphatic heterocycles. The summed E-state index contributed by atoms with van der Waals surface area (Å²) in [5.74, 6) is -0.525. The number of hydrogen-bond donors (Lipinski definition) is 0. The number of imidazole rings is 1. The van der Waals surface area contributed by atoms with Crippen molar-refractivity contribution in [3.8, 4) is 0 Å². The molecule has 0 amide bonds. The maximum atomic E-state index is 13.5. The highest BCUT2D eigenvalue weighted by Gasteiger charge is 2.33. The molecule has 0 unspecified atom stereocenters. The molecule has 7 heteroatoms. The van der Waals surface area contributed by atoms with Gasteiger partial charge in [0.05, 0.1) is 11.0 Å². The van der Waals surface area contributed by atoms with Crippen molar-refractivity contribution >= 4 is 11.0 Å². The van der Waals surface area contributed by atoms with Crippen molar-refractivity contribution in [2.75, 3.05) is 13.1 Å². The fourth-order valence-electron chi connectivity index (χ4n) is 4.01. The smallest absolute Gasteiger partial charge is 0.324 e. The molecule has 2 aromatic carbocycles. The Morgan fingerprint density at radius 2 is 1.71 bits per heavy atom. The second kappa shape index (κ2) is 7.54. The predicted octanol–water partition coefficient (Wildman–Crippen LogP) is 5.12. The zero-order valence-electron chi connectivity index (χ0n) is 15.3. The van der Waals surface area contributed by atoms with E-state index in [9.17, 15) is 17.6 Å². The highest BCUT2D eigenvalue weighted by atomic mass is 19.4. The maximum Gasteiger partial charge on any atom is 0.396 e. The summed E-state index contributed by atoms with van der Waals surface area (Å²) >= 11 is 0. The number of nitrogens with zero attached hydrogens (tertiary/aromatic N) is 3. The summed E-state index contributed by atoms with van der Waals surface area (Å²) in [4.78, 5) is 6.42. The van der Waals surface area contributed by atoms with E-state index in [0.29, 0.717) is 5.52 Å². The lowest BCUT2D eigenvalue weighted by molar-refractivity contribution is -0.129. The van der Waals surface area contributed by atoms with Gasteiger partial charge in [0, 0.05) is 31.7 Å². The minimum Gasteiger partial charge on any atom is -0.324 e. The van der Waals surface area contributed by atoms with Crippen LogP contribution in [-0.4, -0.2) is 33.7 Å². The Morgan fingerprint density at radius 3 is 2.39 bits per heavy atom. The minimum atomic E-state index is -4.36. The van der Waals surface area contributed by atoms with Crippen LogP contribution in [0.3, 0.4) is 0 Å². The molecule has 1 saturated heterocycles. The van der Waals surface area contributed by atoms with Crippen LogP contribution in [0.1, 0.15) is 30.3 Å². The average molecular weight is 391 g/mol. The fraction of sp³-hybridized carbons (Fsp3) is 0.381. The van der Waals surface area contributed by atoms with Crippen LogP contribution >= 0.6 is 0 Å². The Balaban J connectivity index is 1.56. The average Bonchev–Trinajstić information content (AvgIpc) is 2.98. The summed E-state index contributed by atoms with van der Waals surface area (Å²) in [5.41, 5.74) is 2.08. The van der Waals surface area contributed by atoms with E-state index in [4.69, 9.17) is 0 Å². The third-order valence-corrected chi connectivity index (χ3v) is 5.25. The second-order valence-electron chi connectivity index (χ2n) is 7.32. The van der Waals surface area contributed by atoms with Gasteiger partial charge in [-0.2, -0.15) is 13.2 Å². The standard InChI is InChI=1S/C21H21F4N3/c22-16-6-7-19-18(12-16)26-20(13-21(23,24)25)28(19)17-8-10-27(11-9-17)14-15-4-2-1-3-5-15/h1-7,12,17H,8-11,13-14H2. The first kappa shape index (κ1) is 18.9. The monoisotopic (exact) mass is 391 g/mol. The van der Waals surface area contributed by atoms with Gasteiger partial charge in [0.1, 0.15) is 18.1 Å². The summed E-state index contributed by atoms with van der Waals surface area (Å²) < 4.78 is 54.4. The van der Waals surface area contributed by atoms with E-state index in [1.54, 1.807) is 4.57 Å². The fourth-order valence-corrected chi connectivity index (χ4v) is 4.01. The molecule has 0 saturated carbocycles. The Labute approximate surface area is 160 Å². The largest absolute Gasteiger partial charge is 0.396 e. The van der Waals surface area contributed by atoms with Crippen molar-refractivity contribution in [3.05, 3.63) is 65.7 Å². The highest BCUT2D eigenvalue weighted by molar-refractivity contribution is 5.76. The molecule has 4 rings (SSSR count). The number of piperidine rings is 1. The van der Waals surface area contributed by atoms with E-state index < -0.39 is 18.4 Å². The molecule has 1 aromatic heterocycles. The summed E-state index contributed by atoms with van der Waals surface area (Å²) in [6.07, 6.45) is -3.99. The zero-order chi connectivity index (χ0) is 19.7. The van der Waals surface area contributed by atoms with Crippen molar-refractivity contribution in [1.82, 2.24) is 14.5 Å². The van der Waals surface area contributed by atoms with E-state index in [1.165, 1.54) is 23.8 Å². The van der Waals surface area contributed by atoms with Gasteiger partial charge in [0.25, 0.3) is 0 Å². The zero-order valence-corrected chi connectivity index (χ0v) is 15.3. The SMILES string of the molecule is Fc1ccc2c(c1)nc(CC(F)(F)F)n2C1CCN(Cc2ccccc2)CC1. The minimum absolute atomic E-state index is 0.0328. The van der Waals surface area contributed by atoms with Gasteiger partial charge in [-0.25, -0.2) is 9.37 Å². The van der Waals surface area contributed by atoms with Crippen molar-refractivity contribution in [1.29, 1.82) is 0 Å². The molecule has 0 N–H and O–H groups in total. The molecular weight excluding hydrogens is 370 g/mol. The Morgan fingerprint density at radius 1 is 1.00 bits per heavy atom. The van der Waals surface area contributed by atoms with Crippen LogP contribution in [-0.2, 0) is 13.0 Å². The van der Waals surface area contributed by atoms with Crippen molar-refractivity contribution in [2.24, 2.45) is 0 Å². The summed E-state index contributed by atoms with van der Waals surface area (Å²) in [7, 11) is 0. The number of benzene rings is 2. The van der Waals surface area contributed by atoms with Gasteiger partial charge in [-0.1, -0.05) is 30.3 Å². The van der Waals surface area contributed by atoms with Crippen LogP contribution in [0.2, 0.25) is 0 Å². The first-order valence-electron chi connectivity index (χ1n) is 9.38. The molecule has 2 heterocycles. The van der Waals surface area contributed by atoms with Crippen LogP contribution in [0, 0.1) is 5.82 Å². The highest BCUT2D eigenvalue weighted by Crippen LogP contribution is 2.32. The first-order valence-corrected chi connectivity index (χ1v) is 9.38. The van der Waals surface area contributed by atoms with E-state index in [-0.39, 0.29) is 17.4 Å².